The maximum absolute atomic E-state index is 12.1. The van der Waals surface area contributed by atoms with Crippen molar-refractivity contribution < 1.29 is 14.6 Å². The highest BCUT2D eigenvalue weighted by molar-refractivity contribution is 5.76. The second-order valence-electron chi connectivity index (χ2n) is 6.09. The van der Waals surface area contributed by atoms with Crippen molar-refractivity contribution in [3.05, 3.63) is 0 Å². The monoisotopic (exact) mass is 270 g/mol. The Morgan fingerprint density at radius 1 is 1.32 bits per heavy atom. The van der Waals surface area contributed by atoms with Crippen LogP contribution >= 0.6 is 0 Å². The van der Waals surface area contributed by atoms with Crippen LogP contribution in [0.15, 0.2) is 0 Å². The lowest BCUT2D eigenvalue weighted by Gasteiger charge is -2.34. The molecule has 0 radical (unpaired) electrons. The summed E-state index contributed by atoms with van der Waals surface area (Å²) >= 11 is 0. The van der Waals surface area contributed by atoms with Gasteiger partial charge in [-0.2, -0.15) is 0 Å². The Balaban J connectivity index is 1.79. The quantitative estimate of drug-likeness (QED) is 0.807. The molecule has 0 aromatic heterocycles. The molecule has 0 saturated carbocycles. The summed E-state index contributed by atoms with van der Waals surface area (Å²) in [7, 11) is 0. The van der Waals surface area contributed by atoms with Gasteiger partial charge in [0.25, 0.3) is 0 Å². The van der Waals surface area contributed by atoms with E-state index in [0.29, 0.717) is 32.7 Å². The molecule has 0 aromatic rings. The van der Waals surface area contributed by atoms with Gasteiger partial charge in [0.15, 0.2) is 0 Å². The number of hydrogen-bond donors (Lipinski definition) is 1. The Kier molecular flexibility index (Phi) is 4.81. The minimum absolute atomic E-state index is 0.185. The molecule has 2 fully saturated rings. The predicted molar refractivity (Wildman–Crippen MR) is 72.9 cm³/mol. The first-order valence-corrected chi connectivity index (χ1v) is 7.30. The fraction of sp³-hybridized carbons (Fsp3) is 0.929. The van der Waals surface area contributed by atoms with E-state index in [9.17, 15) is 9.90 Å². The molecule has 1 N–H and O–H groups in total. The molecule has 2 heterocycles. The Morgan fingerprint density at radius 3 is 2.63 bits per heavy atom. The van der Waals surface area contributed by atoms with Crippen LogP contribution < -0.4 is 0 Å². The van der Waals surface area contributed by atoms with Gasteiger partial charge in [-0.25, -0.2) is 0 Å². The number of rotatable bonds is 4. The van der Waals surface area contributed by atoms with Gasteiger partial charge in [0, 0.05) is 32.1 Å². The molecule has 1 unspecified atom stereocenters. The van der Waals surface area contributed by atoms with Gasteiger partial charge in [0.05, 0.1) is 18.8 Å². The fourth-order valence-electron chi connectivity index (χ4n) is 3.10. The Hall–Kier alpha value is -0.650. The largest absolute Gasteiger partial charge is 0.389 e. The average Bonchev–Trinajstić information content (AvgIpc) is 2.85. The van der Waals surface area contributed by atoms with E-state index in [1.807, 2.05) is 18.7 Å². The number of carbonyl (C=O) groups is 1. The summed E-state index contributed by atoms with van der Waals surface area (Å²) in [5.41, 5.74) is -0.682. The summed E-state index contributed by atoms with van der Waals surface area (Å²) < 4.78 is 5.25. The van der Waals surface area contributed by atoms with Crippen LogP contribution in [0.2, 0.25) is 0 Å². The smallest absolute Gasteiger partial charge is 0.224 e. The first-order chi connectivity index (χ1) is 8.98. The van der Waals surface area contributed by atoms with Crippen LogP contribution in [0.1, 0.15) is 33.1 Å². The average molecular weight is 270 g/mol. The van der Waals surface area contributed by atoms with Gasteiger partial charge in [0.2, 0.25) is 5.91 Å². The van der Waals surface area contributed by atoms with Gasteiger partial charge in [0.1, 0.15) is 0 Å². The van der Waals surface area contributed by atoms with Crippen LogP contribution in [0.4, 0.5) is 0 Å². The molecule has 0 aliphatic carbocycles. The summed E-state index contributed by atoms with van der Waals surface area (Å²) in [6, 6.07) is 0.185. The number of amides is 1. The van der Waals surface area contributed by atoms with E-state index in [1.54, 1.807) is 0 Å². The maximum atomic E-state index is 12.1. The third-order valence-corrected chi connectivity index (χ3v) is 4.16. The number of aliphatic hydroxyl groups is 1. The maximum Gasteiger partial charge on any atom is 0.224 e. The van der Waals surface area contributed by atoms with Crippen molar-refractivity contribution in [3.8, 4) is 0 Å². The summed E-state index contributed by atoms with van der Waals surface area (Å²) in [6.07, 6.45) is 2.68. The SMILES string of the molecule is CC(C)(O)C1CCCN1CCC(=O)N1CCOCC1. The molecule has 2 saturated heterocycles. The minimum atomic E-state index is -0.682. The van der Waals surface area contributed by atoms with Crippen molar-refractivity contribution in [1.82, 2.24) is 9.80 Å². The summed E-state index contributed by atoms with van der Waals surface area (Å²) in [5.74, 6) is 0.213. The van der Waals surface area contributed by atoms with E-state index in [0.717, 1.165) is 25.9 Å². The normalized spacial score (nSPS) is 25.8. The van der Waals surface area contributed by atoms with Crippen LogP contribution in [0.25, 0.3) is 0 Å². The fourth-order valence-corrected chi connectivity index (χ4v) is 3.10. The van der Waals surface area contributed by atoms with Crippen LogP contribution in [-0.2, 0) is 9.53 Å². The number of carbonyl (C=O) groups excluding carboxylic acids is 1. The third-order valence-electron chi connectivity index (χ3n) is 4.16. The van der Waals surface area contributed by atoms with Crippen molar-refractivity contribution in [2.24, 2.45) is 0 Å². The molecule has 5 nitrogen and oxygen atoms in total. The molecule has 1 atom stereocenters. The molecule has 19 heavy (non-hydrogen) atoms. The van der Waals surface area contributed by atoms with E-state index in [4.69, 9.17) is 4.74 Å². The Labute approximate surface area is 115 Å². The molecule has 2 aliphatic heterocycles. The van der Waals surface area contributed by atoms with Gasteiger partial charge in [-0.3, -0.25) is 9.69 Å². The molecule has 110 valence electrons. The molecule has 2 rings (SSSR count). The van der Waals surface area contributed by atoms with E-state index in [-0.39, 0.29) is 11.9 Å². The number of ether oxygens (including phenoxy) is 1. The topological polar surface area (TPSA) is 53.0 Å². The molecular formula is C14H26N2O3. The van der Waals surface area contributed by atoms with E-state index in [1.165, 1.54) is 0 Å². The highest BCUT2D eigenvalue weighted by Gasteiger charge is 2.35. The first-order valence-electron chi connectivity index (χ1n) is 7.30. The highest BCUT2D eigenvalue weighted by atomic mass is 16.5. The second-order valence-corrected chi connectivity index (χ2v) is 6.09. The molecule has 5 heteroatoms. The molecule has 0 bridgehead atoms. The van der Waals surface area contributed by atoms with Gasteiger partial charge in [-0.15, -0.1) is 0 Å². The summed E-state index contributed by atoms with van der Waals surface area (Å²) in [6.45, 7) is 8.21. The predicted octanol–water partition coefficient (Wildman–Crippen LogP) is 0.471. The Bertz CT molecular complexity index is 308. The molecule has 0 aromatic carbocycles. The molecular weight excluding hydrogens is 244 g/mol. The molecule has 0 spiro atoms. The lowest BCUT2D eigenvalue weighted by molar-refractivity contribution is -0.135. The molecule has 2 aliphatic rings. The van der Waals surface area contributed by atoms with E-state index >= 15 is 0 Å². The summed E-state index contributed by atoms with van der Waals surface area (Å²) in [4.78, 5) is 16.2. The van der Waals surface area contributed by atoms with Crippen molar-refractivity contribution >= 4 is 5.91 Å². The number of morpholine rings is 1. The Morgan fingerprint density at radius 2 is 2.00 bits per heavy atom. The van der Waals surface area contributed by atoms with Crippen LogP contribution in [0.5, 0.6) is 0 Å². The number of hydrogen-bond acceptors (Lipinski definition) is 4. The zero-order chi connectivity index (χ0) is 13.9. The van der Waals surface area contributed by atoms with Crippen molar-refractivity contribution in [1.29, 1.82) is 0 Å². The van der Waals surface area contributed by atoms with Crippen molar-refractivity contribution in [3.63, 3.8) is 0 Å². The van der Waals surface area contributed by atoms with Crippen molar-refractivity contribution in [2.45, 2.75) is 44.8 Å². The zero-order valence-corrected chi connectivity index (χ0v) is 12.1. The van der Waals surface area contributed by atoms with Gasteiger partial charge in [-0.1, -0.05) is 0 Å². The first kappa shape index (κ1) is 14.8. The zero-order valence-electron chi connectivity index (χ0n) is 12.1. The lowest BCUT2D eigenvalue weighted by Crippen LogP contribution is -2.47. The number of likely N-dealkylation sites (tertiary alicyclic amines) is 1. The van der Waals surface area contributed by atoms with E-state index in [2.05, 4.69) is 4.90 Å². The van der Waals surface area contributed by atoms with Crippen LogP contribution in [0.3, 0.4) is 0 Å². The summed E-state index contributed by atoms with van der Waals surface area (Å²) in [5, 5.41) is 10.1. The standard InChI is InChI=1S/C14H26N2O3/c1-14(2,18)12-4-3-6-15(12)7-5-13(17)16-8-10-19-11-9-16/h12,18H,3-11H2,1-2H3. The number of nitrogens with zero attached hydrogens (tertiary/aromatic N) is 2. The minimum Gasteiger partial charge on any atom is -0.389 e. The third kappa shape index (κ3) is 3.91. The van der Waals surface area contributed by atoms with Crippen LogP contribution in [0, 0.1) is 0 Å². The highest BCUT2D eigenvalue weighted by Crippen LogP contribution is 2.26. The van der Waals surface area contributed by atoms with Gasteiger partial charge < -0.3 is 14.7 Å². The van der Waals surface area contributed by atoms with Crippen LogP contribution in [-0.4, -0.2) is 71.8 Å². The van der Waals surface area contributed by atoms with Gasteiger partial charge >= 0.3 is 0 Å². The molecule has 1 amide bonds. The second kappa shape index (κ2) is 6.20. The van der Waals surface area contributed by atoms with Gasteiger partial charge in [-0.05, 0) is 33.2 Å². The van der Waals surface area contributed by atoms with Crippen molar-refractivity contribution in [2.75, 3.05) is 39.4 Å². The van der Waals surface area contributed by atoms with E-state index < -0.39 is 5.60 Å². The lowest BCUT2D eigenvalue weighted by atomic mass is 9.96.